The number of allylic oxidation sites excluding steroid dienone is 2. The summed E-state index contributed by atoms with van der Waals surface area (Å²) in [5, 5.41) is 40.2. The van der Waals surface area contributed by atoms with Crippen LogP contribution in [0.25, 0.3) is 0 Å². The minimum absolute atomic E-state index is 0.107. The number of ether oxygens (including phenoxy) is 4. The SMILES string of the molecule is CCCCCCCCCC/C=C\CCCCCCCCCCCCCCOCC(COC1OC(CO)C(O)C(O)C1O)OC(=O)CCCCCCCCCCCCCC. The molecule has 1 aliphatic rings. The van der Waals surface area contributed by atoms with Crippen LogP contribution in [0.4, 0.5) is 0 Å². The van der Waals surface area contributed by atoms with Gasteiger partial charge in [0.05, 0.1) is 19.8 Å². The summed E-state index contributed by atoms with van der Waals surface area (Å²) in [5.74, 6) is -0.310. The molecule has 0 aromatic heterocycles. The molecule has 350 valence electrons. The molecular formula is C50H96O9. The van der Waals surface area contributed by atoms with Crippen molar-refractivity contribution < 1.29 is 44.2 Å². The van der Waals surface area contributed by atoms with E-state index in [-0.39, 0.29) is 19.2 Å². The lowest BCUT2D eigenvalue weighted by Gasteiger charge is -2.39. The molecule has 4 N–H and O–H groups in total. The summed E-state index contributed by atoms with van der Waals surface area (Å²) >= 11 is 0. The number of carbonyl (C=O) groups excluding carboxylic acids is 1. The van der Waals surface area contributed by atoms with E-state index in [1.807, 2.05) is 0 Å². The zero-order valence-corrected chi connectivity index (χ0v) is 38.5. The van der Waals surface area contributed by atoms with Crippen LogP contribution in [-0.2, 0) is 23.7 Å². The van der Waals surface area contributed by atoms with Gasteiger partial charge in [-0.05, 0) is 38.5 Å². The summed E-state index contributed by atoms with van der Waals surface area (Å²) in [6.45, 7) is 4.59. The monoisotopic (exact) mass is 841 g/mol. The minimum atomic E-state index is -1.53. The molecule has 0 amide bonds. The Morgan fingerprint density at radius 2 is 0.932 bits per heavy atom. The third-order valence-electron chi connectivity index (χ3n) is 11.9. The molecule has 1 aliphatic heterocycles. The fourth-order valence-corrected chi connectivity index (χ4v) is 7.96. The lowest BCUT2D eigenvalue weighted by Crippen LogP contribution is -2.59. The Hall–Kier alpha value is -1.07. The second kappa shape index (κ2) is 42.2. The topological polar surface area (TPSA) is 135 Å². The molecule has 1 fully saturated rings. The van der Waals surface area contributed by atoms with E-state index in [9.17, 15) is 25.2 Å². The second-order valence-corrected chi connectivity index (χ2v) is 17.6. The van der Waals surface area contributed by atoms with Crippen LogP contribution in [0.15, 0.2) is 12.2 Å². The van der Waals surface area contributed by atoms with Gasteiger partial charge in [0, 0.05) is 13.0 Å². The van der Waals surface area contributed by atoms with Crippen molar-refractivity contribution in [3.8, 4) is 0 Å². The quantitative estimate of drug-likeness (QED) is 0.0269. The van der Waals surface area contributed by atoms with E-state index in [1.165, 1.54) is 186 Å². The summed E-state index contributed by atoms with van der Waals surface area (Å²) in [6.07, 6.45) is 41.1. The van der Waals surface area contributed by atoms with Crippen molar-refractivity contribution in [3.63, 3.8) is 0 Å². The van der Waals surface area contributed by atoms with Crippen LogP contribution in [0.1, 0.15) is 239 Å². The largest absolute Gasteiger partial charge is 0.457 e. The van der Waals surface area contributed by atoms with E-state index in [0.29, 0.717) is 13.0 Å². The Bertz CT molecular complexity index is 915. The summed E-state index contributed by atoms with van der Waals surface area (Å²) in [4.78, 5) is 12.8. The molecule has 0 bridgehead atoms. The maximum Gasteiger partial charge on any atom is 0.306 e. The molecule has 0 aromatic carbocycles. The summed E-state index contributed by atoms with van der Waals surface area (Å²) in [6, 6.07) is 0. The van der Waals surface area contributed by atoms with Crippen molar-refractivity contribution in [2.24, 2.45) is 0 Å². The standard InChI is InChI=1S/C50H96O9/c1-3-5-7-9-11-13-15-17-18-19-20-21-22-23-24-25-26-27-28-30-32-34-36-38-40-56-42-44(43-57-50-49(55)48(54)47(53)45(41-51)59-50)58-46(52)39-37-35-33-31-29-16-14-12-10-8-6-4-2/h19-20,44-45,47-51,53-55H,3-18,21-43H2,1-2H3/b20-19-. The van der Waals surface area contributed by atoms with Crippen LogP contribution in [0.5, 0.6) is 0 Å². The van der Waals surface area contributed by atoms with E-state index in [1.54, 1.807) is 0 Å². The van der Waals surface area contributed by atoms with E-state index in [2.05, 4.69) is 26.0 Å². The predicted molar refractivity (Wildman–Crippen MR) is 243 cm³/mol. The van der Waals surface area contributed by atoms with Crippen LogP contribution >= 0.6 is 0 Å². The molecule has 6 unspecified atom stereocenters. The molecule has 0 aromatic rings. The first-order valence-electron chi connectivity index (χ1n) is 25.3. The van der Waals surface area contributed by atoms with E-state index in [4.69, 9.17) is 18.9 Å². The molecule has 9 nitrogen and oxygen atoms in total. The maximum atomic E-state index is 12.8. The molecule has 1 rings (SSSR count). The molecule has 0 saturated carbocycles. The number of carbonyl (C=O) groups is 1. The molecule has 0 aliphatic carbocycles. The van der Waals surface area contributed by atoms with Gasteiger partial charge in [0.2, 0.25) is 0 Å². The number of esters is 1. The molecule has 1 saturated heterocycles. The van der Waals surface area contributed by atoms with Crippen molar-refractivity contribution in [1.82, 2.24) is 0 Å². The molecule has 59 heavy (non-hydrogen) atoms. The first-order chi connectivity index (χ1) is 28.9. The van der Waals surface area contributed by atoms with Gasteiger partial charge < -0.3 is 39.4 Å². The molecule has 6 atom stereocenters. The number of unbranched alkanes of at least 4 members (excludes halogenated alkanes) is 31. The minimum Gasteiger partial charge on any atom is -0.457 e. The van der Waals surface area contributed by atoms with Gasteiger partial charge in [0.15, 0.2) is 6.29 Å². The Balaban J connectivity index is 2.15. The zero-order chi connectivity index (χ0) is 42.9. The van der Waals surface area contributed by atoms with Crippen molar-refractivity contribution in [2.45, 2.75) is 275 Å². The predicted octanol–water partition coefficient (Wildman–Crippen LogP) is 12.0. The first kappa shape index (κ1) is 55.9. The Morgan fingerprint density at radius 1 is 0.525 bits per heavy atom. The van der Waals surface area contributed by atoms with Crippen molar-refractivity contribution in [2.75, 3.05) is 26.4 Å². The van der Waals surface area contributed by atoms with E-state index in [0.717, 1.165) is 32.1 Å². The normalized spacial score (nSPS) is 20.1. The van der Waals surface area contributed by atoms with Gasteiger partial charge in [-0.1, -0.05) is 206 Å². The molecular weight excluding hydrogens is 745 g/mol. The van der Waals surface area contributed by atoms with Crippen molar-refractivity contribution in [3.05, 3.63) is 12.2 Å². The van der Waals surface area contributed by atoms with Gasteiger partial charge in [-0.2, -0.15) is 0 Å². The molecule has 0 radical (unpaired) electrons. The molecule has 1 heterocycles. The van der Waals surface area contributed by atoms with Gasteiger partial charge in [-0.25, -0.2) is 0 Å². The van der Waals surface area contributed by atoms with Crippen molar-refractivity contribution >= 4 is 5.97 Å². The Labute approximate surface area is 363 Å². The highest BCUT2D eigenvalue weighted by Crippen LogP contribution is 2.23. The number of hydrogen-bond donors (Lipinski definition) is 4. The smallest absolute Gasteiger partial charge is 0.306 e. The number of hydrogen-bond acceptors (Lipinski definition) is 9. The fraction of sp³-hybridized carbons (Fsp3) is 0.940. The third-order valence-corrected chi connectivity index (χ3v) is 11.9. The highest BCUT2D eigenvalue weighted by Gasteiger charge is 2.44. The summed E-state index contributed by atoms with van der Waals surface area (Å²) in [5.41, 5.74) is 0. The number of aliphatic hydroxyl groups is 4. The Morgan fingerprint density at radius 3 is 1.37 bits per heavy atom. The summed E-state index contributed by atoms with van der Waals surface area (Å²) < 4.78 is 22.9. The Kier molecular flexibility index (Phi) is 40.1. The fourth-order valence-electron chi connectivity index (χ4n) is 7.96. The van der Waals surface area contributed by atoms with Crippen LogP contribution in [0.3, 0.4) is 0 Å². The van der Waals surface area contributed by atoms with Crippen LogP contribution in [-0.4, -0.2) is 89.6 Å². The lowest BCUT2D eigenvalue weighted by molar-refractivity contribution is -0.305. The average Bonchev–Trinajstić information content (AvgIpc) is 3.24. The van der Waals surface area contributed by atoms with Gasteiger partial charge in [-0.3, -0.25) is 4.79 Å². The molecule has 9 heteroatoms. The van der Waals surface area contributed by atoms with Crippen molar-refractivity contribution in [1.29, 1.82) is 0 Å². The maximum absolute atomic E-state index is 12.8. The van der Waals surface area contributed by atoms with Gasteiger partial charge >= 0.3 is 5.97 Å². The van der Waals surface area contributed by atoms with Crippen LogP contribution in [0.2, 0.25) is 0 Å². The van der Waals surface area contributed by atoms with Gasteiger partial charge in [0.1, 0.15) is 30.5 Å². The first-order valence-corrected chi connectivity index (χ1v) is 25.3. The summed E-state index contributed by atoms with van der Waals surface area (Å²) in [7, 11) is 0. The van der Waals surface area contributed by atoms with Gasteiger partial charge in [0.25, 0.3) is 0 Å². The lowest BCUT2D eigenvalue weighted by atomic mass is 9.99. The second-order valence-electron chi connectivity index (χ2n) is 17.6. The van der Waals surface area contributed by atoms with E-state index >= 15 is 0 Å². The highest BCUT2D eigenvalue weighted by molar-refractivity contribution is 5.69. The van der Waals surface area contributed by atoms with E-state index < -0.39 is 43.4 Å². The van der Waals surface area contributed by atoms with Crippen LogP contribution in [0, 0.1) is 0 Å². The third kappa shape index (κ3) is 33.2. The highest BCUT2D eigenvalue weighted by atomic mass is 16.7. The molecule has 0 spiro atoms. The number of aliphatic hydroxyl groups excluding tert-OH is 4. The number of rotatable bonds is 44. The average molecular weight is 841 g/mol. The van der Waals surface area contributed by atoms with Gasteiger partial charge in [-0.15, -0.1) is 0 Å². The van der Waals surface area contributed by atoms with Crippen LogP contribution < -0.4 is 0 Å². The zero-order valence-electron chi connectivity index (χ0n) is 38.5.